The molecule has 2 aromatic rings. The van der Waals surface area contributed by atoms with Crippen LogP contribution in [0.4, 0.5) is 5.13 Å². The van der Waals surface area contributed by atoms with Crippen molar-refractivity contribution >= 4 is 55.6 Å². The number of anilines is 1. The number of hydrogen-bond donors (Lipinski definition) is 1. The lowest BCUT2D eigenvalue weighted by atomic mass is 10.2. The van der Waals surface area contributed by atoms with Crippen LogP contribution in [0.15, 0.2) is 22.4 Å². The SMILES string of the molecule is CCN(CC)C(=O)Cc1csc(NS(=O)(=O)c2c(C)cc(Cl)cc2Cl)n1. The van der Waals surface area contributed by atoms with Gasteiger partial charge in [-0.2, -0.15) is 0 Å². The summed E-state index contributed by atoms with van der Waals surface area (Å²) in [6.45, 7) is 6.66. The number of benzene rings is 1. The van der Waals surface area contributed by atoms with E-state index >= 15 is 0 Å². The molecule has 0 atom stereocenters. The first-order chi connectivity index (χ1) is 12.2. The Hall–Kier alpha value is -1.35. The van der Waals surface area contributed by atoms with Crippen molar-refractivity contribution in [3.8, 4) is 0 Å². The number of nitrogens with zero attached hydrogens (tertiary/aromatic N) is 2. The molecule has 1 aromatic heterocycles. The number of aromatic nitrogens is 1. The lowest BCUT2D eigenvalue weighted by molar-refractivity contribution is -0.130. The van der Waals surface area contributed by atoms with Gasteiger partial charge in [0.25, 0.3) is 10.0 Å². The summed E-state index contributed by atoms with van der Waals surface area (Å²) >= 11 is 13.1. The number of aryl methyl sites for hydroxylation is 1. The summed E-state index contributed by atoms with van der Waals surface area (Å²) < 4.78 is 27.7. The summed E-state index contributed by atoms with van der Waals surface area (Å²) in [7, 11) is -3.92. The molecule has 0 fully saturated rings. The van der Waals surface area contributed by atoms with Crippen molar-refractivity contribution < 1.29 is 13.2 Å². The molecule has 0 radical (unpaired) electrons. The monoisotopic (exact) mass is 435 g/mol. The van der Waals surface area contributed by atoms with Crippen LogP contribution in [0.1, 0.15) is 25.1 Å². The number of carbonyl (C=O) groups excluding carboxylic acids is 1. The third-order valence-electron chi connectivity index (χ3n) is 3.68. The van der Waals surface area contributed by atoms with E-state index in [-0.39, 0.29) is 27.4 Å². The van der Waals surface area contributed by atoms with Gasteiger partial charge in [0.2, 0.25) is 5.91 Å². The number of sulfonamides is 1. The zero-order valence-electron chi connectivity index (χ0n) is 14.5. The number of nitrogens with one attached hydrogen (secondary N) is 1. The number of rotatable bonds is 7. The minimum atomic E-state index is -3.92. The van der Waals surface area contributed by atoms with Gasteiger partial charge in [-0.05, 0) is 38.5 Å². The average Bonchev–Trinajstić information content (AvgIpc) is 2.93. The fraction of sp³-hybridized carbons (Fsp3) is 0.375. The van der Waals surface area contributed by atoms with Crippen LogP contribution in [0.25, 0.3) is 0 Å². The van der Waals surface area contributed by atoms with Crippen molar-refractivity contribution in [2.45, 2.75) is 32.1 Å². The Kier molecular flexibility index (Phi) is 6.90. The van der Waals surface area contributed by atoms with E-state index in [1.165, 1.54) is 12.1 Å². The highest BCUT2D eigenvalue weighted by Crippen LogP contribution is 2.31. The zero-order chi connectivity index (χ0) is 19.5. The van der Waals surface area contributed by atoms with E-state index in [0.29, 0.717) is 29.4 Å². The fourth-order valence-corrected chi connectivity index (χ4v) is 5.62. The zero-order valence-corrected chi connectivity index (χ0v) is 17.7. The van der Waals surface area contributed by atoms with Gasteiger partial charge in [-0.1, -0.05) is 23.2 Å². The van der Waals surface area contributed by atoms with E-state index in [1.54, 1.807) is 17.2 Å². The maximum atomic E-state index is 12.6. The van der Waals surface area contributed by atoms with Gasteiger partial charge in [-0.3, -0.25) is 9.52 Å². The van der Waals surface area contributed by atoms with Crippen molar-refractivity contribution in [1.29, 1.82) is 0 Å². The Morgan fingerprint density at radius 2 is 1.92 bits per heavy atom. The summed E-state index contributed by atoms with van der Waals surface area (Å²) in [5, 5.41) is 2.24. The van der Waals surface area contributed by atoms with Gasteiger partial charge < -0.3 is 4.90 Å². The van der Waals surface area contributed by atoms with E-state index in [4.69, 9.17) is 23.2 Å². The molecule has 26 heavy (non-hydrogen) atoms. The van der Waals surface area contributed by atoms with Crippen LogP contribution >= 0.6 is 34.5 Å². The molecule has 1 heterocycles. The number of halogens is 2. The quantitative estimate of drug-likeness (QED) is 0.713. The third-order valence-corrected chi connectivity index (χ3v) is 6.79. The summed E-state index contributed by atoms with van der Waals surface area (Å²) in [4.78, 5) is 18.0. The van der Waals surface area contributed by atoms with Crippen LogP contribution in [0.5, 0.6) is 0 Å². The minimum Gasteiger partial charge on any atom is -0.343 e. The molecule has 2 rings (SSSR count). The minimum absolute atomic E-state index is 0.0380. The summed E-state index contributed by atoms with van der Waals surface area (Å²) in [5.41, 5.74) is 0.951. The van der Waals surface area contributed by atoms with E-state index in [2.05, 4.69) is 9.71 Å². The van der Waals surface area contributed by atoms with Crippen LogP contribution in [0.2, 0.25) is 10.0 Å². The molecule has 1 N–H and O–H groups in total. The molecule has 0 saturated heterocycles. The highest BCUT2D eigenvalue weighted by molar-refractivity contribution is 7.93. The Balaban J connectivity index is 2.19. The standard InChI is InChI=1S/C16H19Cl2N3O3S2/c1-4-21(5-2)14(22)8-12-9-25-16(19-12)20-26(23,24)15-10(3)6-11(17)7-13(15)18/h6-7,9H,4-5,8H2,1-3H3,(H,19,20). The molecular weight excluding hydrogens is 417 g/mol. The third kappa shape index (κ3) is 4.88. The van der Waals surface area contributed by atoms with Crippen molar-refractivity contribution in [3.05, 3.63) is 38.8 Å². The van der Waals surface area contributed by atoms with Crippen LogP contribution in [0, 0.1) is 6.92 Å². The average molecular weight is 436 g/mol. The Labute approximate surface area is 167 Å². The number of carbonyl (C=O) groups is 1. The molecular formula is C16H19Cl2N3O3S2. The normalized spacial score (nSPS) is 11.4. The topological polar surface area (TPSA) is 79.4 Å². The molecule has 0 aliphatic rings. The predicted molar refractivity (Wildman–Crippen MR) is 106 cm³/mol. The largest absolute Gasteiger partial charge is 0.343 e. The highest BCUT2D eigenvalue weighted by Gasteiger charge is 2.23. The first kappa shape index (κ1) is 21.0. The second kappa shape index (κ2) is 8.56. The van der Waals surface area contributed by atoms with Gasteiger partial charge in [0, 0.05) is 23.5 Å². The highest BCUT2D eigenvalue weighted by atomic mass is 35.5. The molecule has 10 heteroatoms. The van der Waals surface area contributed by atoms with E-state index < -0.39 is 10.0 Å². The Morgan fingerprint density at radius 1 is 1.27 bits per heavy atom. The summed E-state index contributed by atoms with van der Waals surface area (Å²) in [5.74, 6) is -0.0497. The molecule has 0 aliphatic carbocycles. The molecule has 0 bridgehead atoms. The van der Waals surface area contributed by atoms with E-state index in [0.717, 1.165) is 11.3 Å². The molecule has 0 unspecified atom stereocenters. The van der Waals surface area contributed by atoms with Gasteiger partial charge in [-0.25, -0.2) is 13.4 Å². The molecule has 0 aliphatic heterocycles. The number of hydrogen-bond acceptors (Lipinski definition) is 5. The van der Waals surface area contributed by atoms with Crippen molar-refractivity contribution in [2.24, 2.45) is 0 Å². The van der Waals surface area contributed by atoms with Crippen molar-refractivity contribution in [1.82, 2.24) is 9.88 Å². The molecule has 1 amide bonds. The van der Waals surface area contributed by atoms with Gasteiger partial charge in [0.05, 0.1) is 17.1 Å². The van der Waals surface area contributed by atoms with Crippen LogP contribution < -0.4 is 4.72 Å². The molecule has 1 aromatic carbocycles. The van der Waals surface area contributed by atoms with Crippen LogP contribution in [0.3, 0.4) is 0 Å². The Bertz CT molecular complexity index is 886. The first-order valence-electron chi connectivity index (χ1n) is 7.88. The van der Waals surface area contributed by atoms with Crippen molar-refractivity contribution in [3.63, 3.8) is 0 Å². The lowest BCUT2D eigenvalue weighted by Gasteiger charge is -2.17. The number of thiazole rings is 1. The van der Waals surface area contributed by atoms with Gasteiger partial charge >= 0.3 is 0 Å². The lowest BCUT2D eigenvalue weighted by Crippen LogP contribution is -2.31. The predicted octanol–water partition coefficient (Wildman–Crippen LogP) is 3.97. The maximum Gasteiger partial charge on any atom is 0.265 e. The van der Waals surface area contributed by atoms with Crippen LogP contribution in [-0.2, 0) is 21.2 Å². The molecule has 0 spiro atoms. The van der Waals surface area contributed by atoms with Gasteiger partial charge in [0.15, 0.2) is 5.13 Å². The van der Waals surface area contributed by atoms with Gasteiger partial charge in [-0.15, -0.1) is 11.3 Å². The molecule has 0 saturated carbocycles. The summed E-state index contributed by atoms with van der Waals surface area (Å²) in [6, 6.07) is 2.90. The molecule has 142 valence electrons. The van der Waals surface area contributed by atoms with E-state index in [9.17, 15) is 13.2 Å². The van der Waals surface area contributed by atoms with Crippen LogP contribution in [-0.4, -0.2) is 37.3 Å². The first-order valence-corrected chi connectivity index (χ1v) is 11.0. The van der Waals surface area contributed by atoms with Gasteiger partial charge in [0.1, 0.15) is 4.90 Å². The number of likely N-dealkylation sites (N-methyl/N-ethyl adjacent to an activating group) is 1. The second-order valence-electron chi connectivity index (χ2n) is 5.53. The Morgan fingerprint density at radius 3 is 2.50 bits per heavy atom. The van der Waals surface area contributed by atoms with E-state index in [1.807, 2.05) is 13.8 Å². The molecule has 6 nitrogen and oxygen atoms in total. The number of amides is 1. The smallest absolute Gasteiger partial charge is 0.265 e. The summed E-state index contributed by atoms with van der Waals surface area (Å²) in [6.07, 6.45) is 0.126. The maximum absolute atomic E-state index is 12.6. The fourth-order valence-electron chi connectivity index (χ4n) is 2.47. The van der Waals surface area contributed by atoms with Crippen molar-refractivity contribution in [2.75, 3.05) is 17.8 Å². The second-order valence-corrected chi connectivity index (χ2v) is 8.85.